The Morgan fingerprint density at radius 2 is 2.12 bits per heavy atom. The van der Waals surface area contributed by atoms with Crippen LogP contribution in [0.5, 0.6) is 0 Å². The number of carbonyl (C=O) groups excluding carboxylic acids is 1. The molecule has 5 nitrogen and oxygen atoms in total. The van der Waals surface area contributed by atoms with Gasteiger partial charge in [-0.25, -0.2) is 4.98 Å². The van der Waals surface area contributed by atoms with Crippen LogP contribution >= 0.6 is 11.8 Å². The number of aryl methyl sites for hydroxylation is 1. The van der Waals surface area contributed by atoms with Crippen LogP contribution in [0, 0.1) is 0 Å². The van der Waals surface area contributed by atoms with Gasteiger partial charge in [0, 0.05) is 17.8 Å². The highest BCUT2D eigenvalue weighted by Crippen LogP contribution is 2.34. The number of H-pyrrole nitrogens is 1. The van der Waals surface area contributed by atoms with E-state index >= 15 is 0 Å². The second-order valence-corrected chi connectivity index (χ2v) is 7.08. The van der Waals surface area contributed by atoms with Gasteiger partial charge in [0.15, 0.2) is 5.16 Å². The van der Waals surface area contributed by atoms with Gasteiger partial charge in [0.2, 0.25) is 5.91 Å². The minimum Gasteiger partial charge on any atom is -0.352 e. The average molecular weight is 343 g/mol. The molecular weight excluding hydrogens is 322 g/mol. The third-order valence-corrected chi connectivity index (χ3v) is 4.91. The van der Waals surface area contributed by atoms with Gasteiger partial charge in [0.1, 0.15) is 5.25 Å². The Bertz CT molecular complexity index is 756. The zero-order valence-corrected chi connectivity index (χ0v) is 14.4. The number of aromatic nitrogens is 2. The molecule has 0 aliphatic heterocycles. The molecular formula is C18H21N3O2S. The number of nitrogens with zero attached hydrogens (tertiary/aromatic N) is 1. The van der Waals surface area contributed by atoms with E-state index in [-0.39, 0.29) is 11.5 Å². The lowest BCUT2D eigenvalue weighted by Crippen LogP contribution is -2.30. The molecule has 1 aliphatic rings. The SMILES string of the molecule is CCCc1cc(=O)[nH]c(SC(C(=O)NC2CC2)c2ccccc2)n1. The molecule has 1 aromatic heterocycles. The van der Waals surface area contributed by atoms with Crippen LogP contribution in [-0.4, -0.2) is 21.9 Å². The van der Waals surface area contributed by atoms with Crippen molar-refractivity contribution < 1.29 is 4.79 Å². The van der Waals surface area contributed by atoms with Gasteiger partial charge >= 0.3 is 0 Å². The topological polar surface area (TPSA) is 74.8 Å². The number of hydrogen-bond acceptors (Lipinski definition) is 4. The van der Waals surface area contributed by atoms with E-state index in [2.05, 4.69) is 15.3 Å². The normalized spacial score (nSPS) is 15.0. The Morgan fingerprint density at radius 1 is 1.38 bits per heavy atom. The van der Waals surface area contributed by atoms with Crippen molar-refractivity contribution in [1.29, 1.82) is 0 Å². The van der Waals surface area contributed by atoms with Crippen molar-refractivity contribution >= 4 is 17.7 Å². The number of amides is 1. The van der Waals surface area contributed by atoms with Crippen molar-refractivity contribution in [2.24, 2.45) is 0 Å². The lowest BCUT2D eigenvalue weighted by molar-refractivity contribution is -0.120. The molecule has 1 saturated carbocycles. The number of carbonyl (C=O) groups is 1. The monoisotopic (exact) mass is 343 g/mol. The fraction of sp³-hybridized carbons (Fsp3) is 0.389. The largest absolute Gasteiger partial charge is 0.352 e. The van der Waals surface area contributed by atoms with Gasteiger partial charge < -0.3 is 10.3 Å². The molecule has 2 aromatic rings. The summed E-state index contributed by atoms with van der Waals surface area (Å²) in [4.78, 5) is 31.7. The number of thioether (sulfide) groups is 1. The summed E-state index contributed by atoms with van der Waals surface area (Å²) in [7, 11) is 0. The fourth-order valence-corrected chi connectivity index (χ4v) is 3.46. The minimum absolute atomic E-state index is 0.0303. The van der Waals surface area contributed by atoms with Crippen LogP contribution in [0.15, 0.2) is 46.3 Å². The predicted octanol–water partition coefficient (Wildman–Crippen LogP) is 2.83. The highest BCUT2D eigenvalue weighted by Gasteiger charge is 2.29. The molecule has 0 saturated heterocycles. The van der Waals surface area contributed by atoms with Crippen LogP contribution in [0.25, 0.3) is 0 Å². The lowest BCUT2D eigenvalue weighted by atomic mass is 10.1. The number of rotatable bonds is 7. The number of benzene rings is 1. The van der Waals surface area contributed by atoms with E-state index in [1.54, 1.807) is 0 Å². The van der Waals surface area contributed by atoms with E-state index in [0.717, 1.165) is 36.9 Å². The third-order valence-electron chi connectivity index (χ3n) is 3.77. The summed E-state index contributed by atoms with van der Waals surface area (Å²) in [6.07, 6.45) is 3.75. The Labute approximate surface area is 145 Å². The third kappa shape index (κ3) is 4.47. The molecule has 24 heavy (non-hydrogen) atoms. The molecule has 1 aromatic carbocycles. The predicted molar refractivity (Wildman–Crippen MR) is 95.1 cm³/mol. The molecule has 1 fully saturated rings. The quantitative estimate of drug-likeness (QED) is 0.599. The van der Waals surface area contributed by atoms with Crippen LogP contribution in [-0.2, 0) is 11.2 Å². The lowest BCUT2D eigenvalue weighted by Gasteiger charge is -2.16. The number of nitrogens with one attached hydrogen (secondary N) is 2. The number of aromatic amines is 1. The molecule has 0 radical (unpaired) electrons. The summed E-state index contributed by atoms with van der Waals surface area (Å²) in [5.74, 6) is -0.0303. The second kappa shape index (κ2) is 7.66. The van der Waals surface area contributed by atoms with Gasteiger partial charge in [0.05, 0.1) is 0 Å². The first-order valence-electron chi connectivity index (χ1n) is 8.28. The molecule has 2 N–H and O–H groups in total. The summed E-state index contributed by atoms with van der Waals surface area (Å²) >= 11 is 1.30. The van der Waals surface area contributed by atoms with Gasteiger partial charge in [-0.05, 0) is 24.8 Å². The maximum absolute atomic E-state index is 12.6. The first-order chi connectivity index (χ1) is 11.7. The number of hydrogen-bond donors (Lipinski definition) is 2. The summed E-state index contributed by atoms with van der Waals surface area (Å²) in [5.41, 5.74) is 1.49. The molecule has 0 bridgehead atoms. The molecule has 6 heteroatoms. The van der Waals surface area contributed by atoms with Crippen molar-refractivity contribution in [3.63, 3.8) is 0 Å². The van der Waals surface area contributed by atoms with E-state index < -0.39 is 5.25 Å². The average Bonchev–Trinajstić information content (AvgIpc) is 3.37. The van der Waals surface area contributed by atoms with E-state index in [9.17, 15) is 9.59 Å². The van der Waals surface area contributed by atoms with Gasteiger partial charge in [0.25, 0.3) is 5.56 Å². The Morgan fingerprint density at radius 3 is 2.79 bits per heavy atom. The standard InChI is InChI=1S/C18H21N3O2S/c1-2-6-14-11-15(22)21-18(20-14)24-16(12-7-4-3-5-8-12)17(23)19-13-9-10-13/h3-5,7-8,11,13,16H,2,6,9-10H2,1H3,(H,19,23)(H,20,21,22). The van der Waals surface area contributed by atoms with Crippen molar-refractivity contribution in [1.82, 2.24) is 15.3 Å². The van der Waals surface area contributed by atoms with Crippen LogP contribution in [0.3, 0.4) is 0 Å². The highest BCUT2D eigenvalue weighted by molar-refractivity contribution is 8.00. The highest BCUT2D eigenvalue weighted by atomic mass is 32.2. The first kappa shape index (κ1) is 16.8. The molecule has 1 amide bonds. The molecule has 1 atom stereocenters. The Balaban J connectivity index is 1.85. The van der Waals surface area contributed by atoms with Gasteiger partial charge in [-0.3, -0.25) is 9.59 Å². The molecule has 1 unspecified atom stereocenters. The zero-order valence-electron chi connectivity index (χ0n) is 13.6. The van der Waals surface area contributed by atoms with Crippen LogP contribution in [0.2, 0.25) is 0 Å². The maximum Gasteiger partial charge on any atom is 0.251 e. The Hall–Kier alpha value is -2.08. The zero-order chi connectivity index (χ0) is 16.9. The molecule has 0 spiro atoms. The van der Waals surface area contributed by atoms with E-state index in [1.807, 2.05) is 37.3 Å². The van der Waals surface area contributed by atoms with Gasteiger partial charge in [-0.15, -0.1) is 0 Å². The van der Waals surface area contributed by atoms with Crippen molar-refractivity contribution in [2.75, 3.05) is 0 Å². The van der Waals surface area contributed by atoms with Gasteiger partial charge in [-0.1, -0.05) is 55.4 Å². The minimum atomic E-state index is -0.424. The molecule has 1 heterocycles. The molecule has 3 rings (SSSR count). The second-order valence-electron chi connectivity index (χ2n) is 5.98. The van der Waals surface area contributed by atoms with Crippen LogP contribution in [0.1, 0.15) is 42.7 Å². The summed E-state index contributed by atoms with van der Waals surface area (Å²) in [5, 5.41) is 3.11. The van der Waals surface area contributed by atoms with Crippen LogP contribution < -0.4 is 10.9 Å². The first-order valence-corrected chi connectivity index (χ1v) is 9.16. The summed E-state index contributed by atoms with van der Waals surface area (Å²) < 4.78 is 0. The summed E-state index contributed by atoms with van der Waals surface area (Å²) in [6, 6.07) is 11.4. The fourth-order valence-electron chi connectivity index (χ4n) is 2.44. The van der Waals surface area contributed by atoms with E-state index in [1.165, 1.54) is 17.8 Å². The van der Waals surface area contributed by atoms with E-state index in [0.29, 0.717) is 11.2 Å². The summed E-state index contributed by atoms with van der Waals surface area (Å²) in [6.45, 7) is 2.05. The molecule has 126 valence electrons. The van der Waals surface area contributed by atoms with E-state index in [4.69, 9.17) is 0 Å². The smallest absolute Gasteiger partial charge is 0.251 e. The van der Waals surface area contributed by atoms with Crippen molar-refractivity contribution in [2.45, 2.75) is 49.1 Å². The Kier molecular flexibility index (Phi) is 5.35. The van der Waals surface area contributed by atoms with Crippen LogP contribution in [0.4, 0.5) is 0 Å². The molecule has 1 aliphatic carbocycles. The van der Waals surface area contributed by atoms with Gasteiger partial charge in [-0.2, -0.15) is 0 Å². The maximum atomic E-state index is 12.6. The van der Waals surface area contributed by atoms with Crippen molar-refractivity contribution in [3.05, 3.63) is 58.0 Å². The van der Waals surface area contributed by atoms with Crippen molar-refractivity contribution in [3.8, 4) is 0 Å².